The summed E-state index contributed by atoms with van der Waals surface area (Å²) in [4.78, 5) is 14.0. The predicted molar refractivity (Wildman–Crippen MR) is 76.8 cm³/mol. The van der Waals surface area contributed by atoms with Crippen molar-refractivity contribution in [3.8, 4) is 0 Å². The zero-order valence-electron chi connectivity index (χ0n) is 11.8. The number of carbonyl (C=O) groups excluding carboxylic acids is 1. The van der Waals surface area contributed by atoms with Gasteiger partial charge in [-0.2, -0.15) is 4.37 Å². The molecule has 0 amide bonds. The maximum atomic E-state index is 12.0. The van der Waals surface area contributed by atoms with Gasteiger partial charge in [0, 0.05) is 13.7 Å². The van der Waals surface area contributed by atoms with Crippen LogP contribution in [0.4, 0.5) is 10.8 Å². The van der Waals surface area contributed by atoms with Crippen LogP contribution < -0.4 is 10.6 Å². The van der Waals surface area contributed by atoms with Gasteiger partial charge >= 0.3 is 5.97 Å². The van der Waals surface area contributed by atoms with Crippen LogP contribution >= 0.6 is 11.5 Å². The van der Waals surface area contributed by atoms with Crippen molar-refractivity contribution in [3.05, 3.63) is 5.56 Å². The van der Waals surface area contributed by atoms with E-state index in [2.05, 4.69) is 4.37 Å². The van der Waals surface area contributed by atoms with E-state index in [1.54, 1.807) is 14.0 Å². The van der Waals surface area contributed by atoms with Gasteiger partial charge in [-0.3, -0.25) is 0 Å². The van der Waals surface area contributed by atoms with Gasteiger partial charge in [-0.05, 0) is 32.3 Å². The molecule has 1 aromatic rings. The van der Waals surface area contributed by atoms with E-state index >= 15 is 0 Å². The lowest BCUT2D eigenvalue weighted by Gasteiger charge is -2.28. The van der Waals surface area contributed by atoms with Crippen LogP contribution in [0.1, 0.15) is 31.1 Å². The minimum atomic E-state index is -0.424. The van der Waals surface area contributed by atoms with E-state index in [9.17, 15) is 4.79 Å². The summed E-state index contributed by atoms with van der Waals surface area (Å²) >= 11 is 1.21. The number of esters is 1. The van der Waals surface area contributed by atoms with Crippen molar-refractivity contribution in [3.63, 3.8) is 0 Å². The molecule has 0 fully saturated rings. The number of nitrogens with zero attached hydrogens (tertiary/aromatic N) is 2. The van der Waals surface area contributed by atoms with Crippen molar-refractivity contribution in [2.45, 2.75) is 26.8 Å². The average molecular weight is 287 g/mol. The summed E-state index contributed by atoms with van der Waals surface area (Å²) in [6.07, 6.45) is 0. The molecule has 1 unspecified atom stereocenters. The normalized spacial score (nSPS) is 12.2. The Bertz CT molecular complexity index is 422. The van der Waals surface area contributed by atoms with Crippen molar-refractivity contribution in [1.82, 2.24) is 4.37 Å². The Morgan fingerprint density at radius 3 is 2.74 bits per heavy atom. The molecule has 0 saturated heterocycles. The first-order chi connectivity index (χ1) is 9.06. The second-order valence-electron chi connectivity index (χ2n) is 4.06. The number of likely N-dealkylation sites (N-methyl/N-ethyl adjacent to an activating group) is 1. The van der Waals surface area contributed by atoms with Gasteiger partial charge in [0.05, 0.1) is 19.3 Å². The molecule has 0 spiro atoms. The fourth-order valence-electron chi connectivity index (χ4n) is 1.87. The zero-order chi connectivity index (χ0) is 14.4. The Balaban J connectivity index is 3.07. The molecule has 1 aromatic heterocycles. The molecule has 0 aliphatic heterocycles. The fourth-order valence-corrected chi connectivity index (χ4v) is 2.84. The van der Waals surface area contributed by atoms with Crippen molar-refractivity contribution >= 4 is 28.3 Å². The van der Waals surface area contributed by atoms with Crippen LogP contribution in [0.25, 0.3) is 0 Å². The topological polar surface area (TPSA) is 77.7 Å². The molecule has 1 heterocycles. The summed E-state index contributed by atoms with van der Waals surface area (Å²) in [5.74, 6) is -0.201. The van der Waals surface area contributed by atoms with Crippen molar-refractivity contribution in [2.75, 3.05) is 37.5 Å². The highest BCUT2D eigenvalue weighted by atomic mass is 32.1. The average Bonchev–Trinajstić information content (AvgIpc) is 2.73. The second-order valence-corrected chi connectivity index (χ2v) is 4.81. The van der Waals surface area contributed by atoms with Crippen LogP contribution in [-0.2, 0) is 9.47 Å². The Morgan fingerprint density at radius 2 is 2.21 bits per heavy atom. The minimum absolute atomic E-state index is 0.128. The highest BCUT2D eigenvalue weighted by Gasteiger charge is 2.26. The minimum Gasteiger partial charge on any atom is -0.462 e. The van der Waals surface area contributed by atoms with Gasteiger partial charge in [0.1, 0.15) is 10.6 Å². The van der Waals surface area contributed by atoms with E-state index in [-0.39, 0.29) is 11.9 Å². The molecule has 7 heteroatoms. The lowest BCUT2D eigenvalue weighted by molar-refractivity contribution is 0.0528. The Labute approximate surface area is 117 Å². The van der Waals surface area contributed by atoms with Crippen LogP contribution in [0, 0.1) is 0 Å². The summed E-state index contributed by atoms with van der Waals surface area (Å²) in [7, 11) is 1.65. The lowest BCUT2D eigenvalue weighted by Crippen LogP contribution is -2.36. The molecule has 0 bridgehead atoms. The Hall–Kier alpha value is -1.34. The zero-order valence-corrected chi connectivity index (χ0v) is 12.6. The van der Waals surface area contributed by atoms with E-state index in [0.29, 0.717) is 18.8 Å². The van der Waals surface area contributed by atoms with Gasteiger partial charge in [0.25, 0.3) is 0 Å². The van der Waals surface area contributed by atoms with E-state index in [4.69, 9.17) is 15.2 Å². The van der Waals surface area contributed by atoms with Crippen LogP contribution in [-0.4, -0.2) is 43.3 Å². The molecule has 0 aliphatic carbocycles. The molecule has 108 valence electrons. The third-order valence-electron chi connectivity index (χ3n) is 2.72. The van der Waals surface area contributed by atoms with Crippen LogP contribution in [0.15, 0.2) is 0 Å². The van der Waals surface area contributed by atoms with E-state index in [1.165, 1.54) is 11.5 Å². The first-order valence-corrected chi connectivity index (χ1v) is 7.01. The van der Waals surface area contributed by atoms with Gasteiger partial charge in [0.2, 0.25) is 0 Å². The number of nitrogen functional groups attached to an aromatic ring is 1. The maximum Gasteiger partial charge on any atom is 0.345 e. The molecule has 0 aliphatic rings. The largest absolute Gasteiger partial charge is 0.462 e. The number of carbonyl (C=O) groups is 1. The third-order valence-corrected chi connectivity index (χ3v) is 3.62. The number of hydrogen-bond donors (Lipinski definition) is 1. The van der Waals surface area contributed by atoms with Gasteiger partial charge in [-0.15, -0.1) is 0 Å². The van der Waals surface area contributed by atoms with Gasteiger partial charge in [-0.1, -0.05) is 0 Å². The Kier molecular flexibility index (Phi) is 6.04. The highest BCUT2D eigenvalue weighted by molar-refractivity contribution is 7.11. The third kappa shape index (κ3) is 3.57. The monoisotopic (exact) mass is 287 g/mol. The second kappa shape index (κ2) is 7.30. The number of rotatable bonds is 7. The maximum absolute atomic E-state index is 12.0. The van der Waals surface area contributed by atoms with Gasteiger partial charge < -0.3 is 20.1 Å². The predicted octanol–water partition coefficient (Wildman–Crippen LogP) is 1.76. The summed E-state index contributed by atoms with van der Waals surface area (Å²) in [5.41, 5.74) is 6.14. The fraction of sp³-hybridized carbons (Fsp3) is 0.667. The number of aromatic nitrogens is 1. The summed E-state index contributed by atoms with van der Waals surface area (Å²) in [5, 5.41) is 0.739. The van der Waals surface area contributed by atoms with Gasteiger partial charge in [-0.25, -0.2) is 4.79 Å². The standard InChI is InChI=1S/C12H21N3O3S/c1-5-15(8(3)7-17-4)11-9(10(13)14-19-11)12(16)18-6-2/h8H,5-7H2,1-4H3,(H2,13,14). The van der Waals surface area contributed by atoms with E-state index in [1.807, 2.05) is 18.7 Å². The number of ether oxygens (including phenoxy) is 2. The molecule has 6 nitrogen and oxygen atoms in total. The molecule has 0 radical (unpaired) electrons. The van der Waals surface area contributed by atoms with Crippen molar-refractivity contribution < 1.29 is 14.3 Å². The quantitative estimate of drug-likeness (QED) is 0.770. The highest BCUT2D eigenvalue weighted by Crippen LogP contribution is 2.32. The first-order valence-electron chi connectivity index (χ1n) is 6.24. The van der Waals surface area contributed by atoms with Crippen LogP contribution in [0.5, 0.6) is 0 Å². The molecular weight excluding hydrogens is 266 g/mol. The van der Waals surface area contributed by atoms with Crippen LogP contribution in [0.2, 0.25) is 0 Å². The molecular formula is C12H21N3O3S. The van der Waals surface area contributed by atoms with E-state index in [0.717, 1.165) is 11.5 Å². The smallest absolute Gasteiger partial charge is 0.345 e. The first kappa shape index (κ1) is 15.7. The SMILES string of the molecule is CCOC(=O)c1c(N)nsc1N(CC)C(C)COC. The number of methoxy groups -OCH3 is 1. The lowest BCUT2D eigenvalue weighted by atomic mass is 10.2. The molecule has 1 rings (SSSR count). The number of hydrogen-bond acceptors (Lipinski definition) is 7. The van der Waals surface area contributed by atoms with Crippen molar-refractivity contribution in [2.24, 2.45) is 0 Å². The van der Waals surface area contributed by atoms with Gasteiger partial charge in [0.15, 0.2) is 5.82 Å². The summed E-state index contributed by atoms with van der Waals surface area (Å²) < 4.78 is 14.3. The Morgan fingerprint density at radius 1 is 1.53 bits per heavy atom. The molecule has 2 N–H and O–H groups in total. The molecule has 19 heavy (non-hydrogen) atoms. The molecule has 1 atom stereocenters. The van der Waals surface area contributed by atoms with Crippen molar-refractivity contribution in [1.29, 1.82) is 0 Å². The van der Waals surface area contributed by atoms with E-state index < -0.39 is 5.97 Å². The summed E-state index contributed by atoms with van der Waals surface area (Å²) in [6.45, 7) is 7.41. The number of nitrogens with two attached hydrogens (primary N) is 1. The van der Waals surface area contributed by atoms with Crippen LogP contribution in [0.3, 0.4) is 0 Å². The number of anilines is 2. The summed E-state index contributed by atoms with van der Waals surface area (Å²) in [6, 6.07) is 0.128. The molecule has 0 saturated carbocycles. The molecule has 0 aromatic carbocycles.